The molecule has 0 bridgehead atoms. The van der Waals surface area contributed by atoms with Crippen molar-refractivity contribution in [2.24, 2.45) is 7.05 Å². The number of pyridine rings is 1. The molecule has 9 nitrogen and oxygen atoms in total. The molecular weight excluding hydrogens is 610 g/mol. The Hall–Kier alpha value is -4.94. The highest BCUT2D eigenvalue weighted by atomic mass is 32.1. The molecule has 0 aliphatic carbocycles. The lowest BCUT2D eigenvalue weighted by Crippen LogP contribution is -2.40. The van der Waals surface area contributed by atoms with Gasteiger partial charge in [-0.2, -0.15) is 10.2 Å². The Morgan fingerprint density at radius 2 is 1.96 bits per heavy atom. The molecule has 0 spiro atoms. The van der Waals surface area contributed by atoms with Gasteiger partial charge in [0.2, 0.25) is 5.91 Å². The predicted octanol–water partition coefficient (Wildman–Crippen LogP) is 6.77. The number of rotatable bonds is 8. The van der Waals surface area contributed by atoms with Crippen LogP contribution >= 0.6 is 11.3 Å². The molecule has 0 radical (unpaired) electrons. The highest BCUT2D eigenvalue weighted by Gasteiger charge is 2.31. The highest BCUT2D eigenvalue weighted by molar-refractivity contribution is 7.17. The molecular formula is C34H30F2N6O3S. The van der Waals surface area contributed by atoms with Crippen molar-refractivity contribution in [1.29, 1.82) is 0 Å². The molecule has 46 heavy (non-hydrogen) atoms. The summed E-state index contributed by atoms with van der Waals surface area (Å²) in [6.45, 7) is 6.84. The lowest BCUT2D eigenvalue weighted by Gasteiger charge is -2.33. The van der Waals surface area contributed by atoms with Crippen LogP contribution in [0.15, 0.2) is 66.7 Å². The number of benzene rings is 2. The van der Waals surface area contributed by atoms with Crippen molar-refractivity contribution in [3.05, 3.63) is 84.0 Å². The zero-order chi connectivity index (χ0) is 32.1. The van der Waals surface area contributed by atoms with Gasteiger partial charge in [-0.1, -0.05) is 12.6 Å². The van der Waals surface area contributed by atoms with Crippen molar-refractivity contribution in [3.8, 4) is 39.5 Å². The zero-order valence-corrected chi connectivity index (χ0v) is 26.3. The number of hydrogen-bond acceptors (Lipinski definition) is 7. The summed E-state index contributed by atoms with van der Waals surface area (Å²) in [5, 5.41) is 12.9. The van der Waals surface area contributed by atoms with Gasteiger partial charge in [0.25, 0.3) is 0 Å². The van der Waals surface area contributed by atoms with Crippen LogP contribution in [0.4, 0.5) is 8.78 Å². The van der Waals surface area contributed by atoms with Gasteiger partial charge >= 0.3 is 0 Å². The second-order valence-corrected chi connectivity index (χ2v) is 12.0. The molecule has 1 aliphatic rings. The van der Waals surface area contributed by atoms with E-state index in [2.05, 4.69) is 11.7 Å². The Bertz CT molecular complexity index is 2150. The van der Waals surface area contributed by atoms with E-state index < -0.39 is 11.6 Å². The number of thiophene rings is 1. The van der Waals surface area contributed by atoms with Crippen molar-refractivity contribution >= 4 is 38.2 Å². The maximum absolute atomic E-state index is 16.0. The molecule has 0 saturated heterocycles. The Labute approximate surface area is 267 Å². The number of hydrogen-bond donors (Lipinski definition) is 0. The van der Waals surface area contributed by atoms with Crippen LogP contribution in [0.25, 0.3) is 54.8 Å². The number of methoxy groups -OCH3 is 1. The third-order valence-corrected chi connectivity index (χ3v) is 9.32. The van der Waals surface area contributed by atoms with Gasteiger partial charge in [0.15, 0.2) is 0 Å². The first-order valence-corrected chi connectivity index (χ1v) is 15.6. The Balaban J connectivity index is 1.50. The molecule has 5 heterocycles. The molecule has 1 atom stereocenters. The van der Waals surface area contributed by atoms with Crippen LogP contribution in [0.2, 0.25) is 0 Å². The molecule has 0 N–H and O–H groups in total. The largest absolute Gasteiger partial charge is 0.490 e. The Morgan fingerprint density at radius 1 is 1.11 bits per heavy atom. The van der Waals surface area contributed by atoms with Crippen LogP contribution in [-0.4, -0.2) is 62.2 Å². The lowest BCUT2D eigenvalue weighted by molar-refractivity contribution is -0.129. The highest BCUT2D eigenvalue weighted by Crippen LogP contribution is 2.47. The summed E-state index contributed by atoms with van der Waals surface area (Å²) in [5.74, 6) is -1.67. The van der Waals surface area contributed by atoms with Crippen LogP contribution in [-0.2, 0) is 23.1 Å². The predicted molar refractivity (Wildman–Crippen MR) is 174 cm³/mol. The van der Waals surface area contributed by atoms with E-state index in [-0.39, 0.29) is 36.5 Å². The van der Waals surface area contributed by atoms with Gasteiger partial charge in [-0.05, 0) is 42.6 Å². The molecule has 7 rings (SSSR count). The third kappa shape index (κ3) is 4.94. The van der Waals surface area contributed by atoms with E-state index in [9.17, 15) is 9.18 Å². The fourth-order valence-electron chi connectivity index (χ4n) is 6.16. The second-order valence-electron chi connectivity index (χ2n) is 11.1. The molecule has 0 fully saturated rings. The Morgan fingerprint density at radius 3 is 2.76 bits per heavy atom. The van der Waals surface area contributed by atoms with Gasteiger partial charge < -0.3 is 14.4 Å². The minimum absolute atomic E-state index is 0.0368. The molecule has 4 aromatic heterocycles. The summed E-state index contributed by atoms with van der Waals surface area (Å²) in [5.41, 5.74) is 4.76. The van der Waals surface area contributed by atoms with Gasteiger partial charge in [0.05, 0.1) is 52.6 Å². The maximum atomic E-state index is 16.0. The number of fused-ring (bicyclic) bond motifs is 3. The summed E-state index contributed by atoms with van der Waals surface area (Å²) >= 11 is 1.48. The van der Waals surface area contributed by atoms with Crippen LogP contribution in [0.1, 0.15) is 18.7 Å². The monoisotopic (exact) mass is 640 g/mol. The van der Waals surface area contributed by atoms with Crippen molar-refractivity contribution in [2.45, 2.75) is 19.5 Å². The first kappa shape index (κ1) is 29.8. The maximum Gasteiger partial charge on any atom is 0.246 e. The minimum Gasteiger partial charge on any atom is -0.490 e. The van der Waals surface area contributed by atoms with Crippen molar-refractivity contribution in [1.82, 2.24) is 29.4 Å². The first-order valence-electron chi connectivity index (χ1n) is 14.7. The molecule has 12 heteroatoms. The van der Waals surface area contributed by atoms with Crippen LogP contribution < -0.4 is 4.74 Å². The zero-order valence-electron chi connectivity index (χ0n) is 25.5. The SMILES string of the molecule is C=CC(=O)N1CCn2nc(-c3nc(-c4ccc5c(cnn5C)c4)c4sccc4c3-c3c(F)cc(F)cc3OCCOC)cc2[C@@H]1C. The Kier molecular flexibility index (Phi) is 7.61. The van der Waals surface area contributed by atoms with E-state index in [1.165, 1.54) is 30.6 Å². The fourth-order valence-corrected chi connectivity index (χ4v) is 7.07. The standard InChI is InChI=1S/C34H30F2N6O3S/c1-5-29(43)41-9-10-42-27(19(41)2)17-25(39-42)33-30(31-24(36)15-22(35)16-28(31)45-12-11-44-4)23-8-13-46-34(23)32(38-33)20-6-7-26-21(14-20)18-37-40(26)3/h5-8,13-19H,1,9-12H2,2-4H3/t19-/m0/s1. The molecule has 1 aliphatic heterocycles. The van der Waals surface area contributed by atoms with E-state index >= 15 is 4.39 Å². The molecule has 1 amide bonds. The van der Waals surface area contributed by atoms with E-state index in [0.29, 0.717) is 35.7 Å². The van der Waals surface area contributed by atoms with Gasteiger partial charge in [0, 0.05) is 54.7 Å². The number of aryl methyl sites for hydroxylation is 1. The summed E-state index contributed by atoms with van der Waals surface area (Å²) in [7, 11) is 3.42. The average molecular weight is 641 g/mol. The van der Waals surface area contributed by atoms with Crippen molar-refractivity contribution in [3.63, 3.8) is 0 Å². The minimum atomic E-state index is -0.785. The van der Waals surface area contributed by atoms with E-state index in [4.69, 9.17) is 19.6 Å². The number of nitrogens with zero attached hydrogens (tertiary/aromatic N) is 6. The van der Waals surface area contributed by atoms with Gasteiger partial charge in [-0.25, -0.2) is 13.8 Å². The summed E-state index contributed by atoms with van der Waals surface area (Å²) in [6.07, 6.45) is 3.11. The number of carbonyl (C=O) groups is 1. The normalized spacial score (nSPS) is 14.6. The van der Waals surface area contributed by atoms with Crippen LogP contribution in [0.5, 0.6) is 5.75 Å². The summed E-state index contributed by atoms with van der Waals surface area (Å²) in [4.78, 5) is 19.5. The van der Waals surface area contributed by atoms with E-state index in [1.807, 2.05) is 54.4 Å². The lowest BCUT2D eigenvalue weighted by atomic mass is 9.95. The topological polar surface area (TPSA) is 87.3 Å². The van der Waals surface area contributed by atoms with Crippen LogP contribution in [0, 0.1) is 11.6 Å². The average Bonchev–Trinajstić information content (AvgIpc) is 3.79. The number of aromatic nitrogens is 5. The molecule has 2 aromatic carbocycles. The molecule has 6 aromatic rings. The fraction of sp³-hybridized carbons (Fsp3) is 0.235. The molecule has 0 saturated carbocycles. The first-order chi connectivity index (χ1) is 22.3. The third-order valence-electron chi connectivity index (χ3n) is 8.40. The van der Waals surface area contributed by atoms with Crippen molar-refractivity contribution in [2.75, 3.05) is 26.9 Å². The van der Waals surface area contributed by atoms with Crippen molar-refractivity contribution < 1.29 is 23.0 Å². The number of ether oxygens (including phenoxy) is 2. The quantitative estimate of drug-likeness (QED) is 0.135. The summed E-state index contributed by atoms with van der Waals surface area (Å²) in [6, 6.07) is 11.6. The van der Waals surface area contributed by atoms with Gasteiger partial charge in [-0.15, -0.1) is 11.3 Å². The summed E-state index contributed by atoms with van der Waals surface area (Å²) < 4.78 is 46.2. The second kappa shape index (κ2) is 11.8. The van der Waals surface area contributed by atoms with Gasteiger partial charge in [-0.3, -0.25) is 14.2 Å². The van der Waals surface area contributed by atoms with E-state index in [1.54, 1.807) is 15.8 Å². The molecule has 0 unspecified atom stereocenters. The molecule has 234 valence electrons. The number of carbonyl (C=O) groups excluding carboxylic acids is 1. The number of halogens is 2. The number of amides is 1. The van der Waals surface area contributed by atoms with E-state index in [0.717, 1.165) is 38.3 Å². The smallest absolute Gasteiger partial charge is 0.246 e. The van der Waals surface area contributed by atoms with Gasteiger partial charge in [0.1, 0.15) is 35.4 Å². The van der Waals surface area contributed by atoms with Crippen LogP contribution in [0.3, 0.4) is 0 Å².